The molecular weight excluding hydrogens is 254 g/mol. The van der Waals surface area contributed by atoms with Crippen LogP contribution in [-0.4, -0.2) is 23.3 Å². The van der Waals surface area contributed by atoms with E-state index in [-0.39, 0.29) is 0 Å². The monoisotopic (exact) mass is 273 g/mol. The van der Waals surface area contributed by atoms with Gasteiger partial charge < -0.3 is 5.32 Å². The molecule has 0 saturated heterocycles. The maximum Gasteiger partial charge on any atom is 0.161 e. The summed E-state index contributed by atoms with van der Waals surface area (Å²) in [6.45, 7) is 2.16. The van der Waals surface area contributed by atoms with E-state index in [1.165, 1.54) is 4.90 Å². The first-order valence-corrected chi connectivity index (χ1v) is 7.69. The fourth-order valence-electron chi connectivity index (χ4n) is 1.88. The molecule has 0 saturated carbocycles. The largest absolute Gasteiger partial charge is 0.373 e. The lowest BCUT2D eigenvalue weighted by molar-refractivity contribution is 0.876. The zero-order valence-corrected chi connectivity index (χ0v) is 12.4. The van der Waals surface area contributed by atoms with Gasteiger partial charge in [0.1, 0.15) is 5.82 Å². The summed E-state index contributed by atoms with van der Waals surface area (Å²) in [6, 6.07) is 10.4. The Labute approximate surface area is 118 Å². The van der Waals surface area contributed by atoms with Crippen molar-refractivity contribution < 1.29 is 0 Å². The maximum absolute atomic E-state index is 4.64. The van der Waals surface area contributed by atoms with Gasteiger partial charge in [-0.25, -0.2) is 9.97 Å². The topological polar surface area (TPSA) is 37.8 Å². The number of benzene rings is 1. The lowest BCUT2D eigenvalue weighted by atomic mass is 10.2. The van der Waals surface area contributed by atoms with Gasteiger partial charge in [-0.15, -0.1) is 11.8 Å². The van der Waals surface area contributed by atoms with Gasteiger partial charge >= 0.3 is 0 Å². The lowest BCUT2D eigenvalue weighted by Crippen LogP contribution is -2.00. The highest BCUT2D eigenvalue weighted by molar-refractivity contribution is 7.98. The van der Waals surface area contributed by atoms with E-state index in [1.54, 1.807) is 11.8 Å². The fourth-order valence-corrected chi connectivity index (χ4v) is 2.29. The number of rotatable bonds is 5. The van der Waals surface area contributed by atoms with Crippen molar-refractivity contribution in [2.45, 2.75) is 24.7 Å². The molecule has 3 nitrogen and oxygen atoms in total. The Hall–Kier alpha value is -1.55. The molecule has 0 bridgehead atoms. The summed E-state index contributed by atoms with van der Waals surface area (Å²) in [5.41, 5.74) is 2.15. The van der Waals surface area contributed by atoms with Crippen molar-refractivity contribution in [2.75, 3.05) is 18.6 Å². The molecule has 0 aliphatic rings. The van der Waals surface area contributed by atoms with Crippen molar-refractivity contribution in [3.05, 3.63) is 36.0 Å². The molecular formula is C15H19N3S. The smallest absolute Gasteiger partial charge is 0.161 e. The quantitative estimate of drug-likeness (QED) is 0.839. The number of anilines is 1. The lowest BCUT2D eigenvalue weighted by Gasteiger charge is -2.07. The predicted molar refractivity (Wildman–Crippen MR) is 82.8 cm³/mol. The summed E-state index contributed by atoms with van der Waals surface area (Å²) in [6.07, 6.45) is 4.14. The molecule has 0 fully saturated rings. The van der Waals surface area contributed by atoms with Crippen LogP contribution in [-0.2, 0) is 6.42 Å². The van der Waals surface area contributed by atoms with Gasteiger partial charge in [-0.2, -0.15) is 0 Å². The zero-order valence-electron chi connectivity index (χ0n) is 11.6. The van der Waals surface area contributed by atoms with Crippen molar-refractivity contribution in [1.29, 1.82) is 0 Å². The van der Waals surface area contributed by atoms with Crippen LogP contribution in [0.4, 0.5) is 5.82 Å². The third-order valence-electron chi connectivity index (χ3n) is 2.89. The second-order valence-electron chi connectivity index (χ2n) is 4.30. The van der Waals surface area contributed by atoms with Gasteiger partial charge in [0.05, 0.1) is 0 Å². The van der Waals surface area contributed by atoms with Crippen molar-refractivity contribution in [3.63, 3.8) is 0 Å². The van der Waals surface area contributed by atoms with Crippen molar-refractivity contribution in [3.8, 4) is 11.4 Å². The van der Waals surface area contributed by atoms with Crippen LogP contribution >= 0.6 is 11.8 Å². The predicted octanol–water partition coefficient (Wildman–Crippen LogP) is 3.86. The Morgan fingerprint density at radius 3 is 2.47 bits per heavy atom. The Morgan fingerprint density at radius 2 is 1.89 bits per heavy atom. The molecule has 0 atom stereocenters. The van der Waals surface area contributed by atoms with E-state index >= 15 is 0 Å². The summed E-state index contributed by atoms with van der Waals surface area (Å²) in [7, 11) is 1.89. The summed E-state index contributed by atoms with van der Waals surface area (Å²) in [5, 5.41) is 3.10. The summed E-state index contributed by atoms with van der Waals surface area (Å²) in [4.78, 5) is 10.4. The normalized spacial score (nSPS) is 10.5. The highest BCUT2D eigenvalue weighted by Crippen LogP contribution is 2.22. The van der Waals surface area contributed by atoms with Crippen molar-refractivity contribution in [2.24, 2.45) is 0 Å². The first-order valence-electron chi connectivity index (χ1n) is 6.47. The van der Waals surface area contributed by atoms with E-state index < -0.39 is 0 Å². The molecule has 1 N–H and O–H groups in total. The van der Waals surface area contributed by atoms with E-state index in [1.807, 2.05) is 13.1 Å². The van der Waals surface area contributed by atoms with Gasteiger partial charge in [0, 0.05) is 29.3 Å². The second-order valence-corrected chi connectivity index (χ2v) is 5.18. The molecule has 2 aromatic rings. The standard InChI is InChI=1S/C15H19N3S/c1-4-5-12-10-14(16-2)18-15(17-12)11-6-8-13(19-3)9-7-11/h6-10H,4-5H2,1-3H3,(H,16,17,18). The average Bonchev–Trinajstić information content (AvgIpc) is 2.47. The van der Waals surface area contributed by atoms with Crippen molar-refractivity contribution in [1.82, 2.24) is 9.97 Å². The first-order chi connectivity index (χ1) is 9.26. The van der Waals surface area contributed by atoms with E-state index in [2.05, 4.69) is 52.7 Å². The number of nitrogens with zero attached hydrogens (tertiary/aromatic N) is 2. The van der Waals surface area contributed by atoms with Gasteiger partial charge in [0.15, 0.2) is 5.82 Å². The minimum absolute atomic E-state index is 0.794. The van der Waals surface area contributed by atoms with E-state index in [0.717, 1.165) is 35.7 Å². The molecule has 0 unspecified atom stereocenters. The molecule has 19 heavy (non-hydrogen) atoms. The molecule has 100 valence electrons. The number of aryl methyl sites for hydroxylation is 1. The van der Waals surface area contributed by atoms with Crippen LogP contribution in [0.25, 0.3) is 11.4 Å². The van der Waals surface area contributed by atoms with Crippen LogP contribution in [0, 0.1) is 0 Å². The second kappa shape index (κ2) is 6.57. The number of nitrogens with one attached hydrogen (secondary N) is 1. The fraction of sp³-hybridized carbons (Fsp3) is 0.333. The van der Waals surface area contributed by atoms with Crippen LogP contribution in [0.1, 0.15) is 19.0 Å². The number of hydrogen-bond acceptors (Lipinski definition) is 4. The average molecular weight is 273 g/mol. The zero-order chi connectivity index (χ0) is 13.7. The molecule has 0 amide bonds. The molecule has 0 spiro atoms. The molecule has 1 aromatic carbocycles. The van der Waals surface area contributed by atoms with Gasteiger partial charge in [0.2, 0.25) is 0 Å². The van der Waals surface area contributed by atoms with Crippen LogP contribution in [0.15, 0.2) is 35.2 Å². The highest BCUT2D eigenvalue weighted by atomic mass is 32.2. The summed E-state index contributed by atoms with van der Waals surface area (Å²) < 4.78 is 0. The molecule has 1 aromatic heterocycles. The number of thioether (sulfide) groups is 1. The Balaban J connectivity index is 2.38. The van der Waals surface area contributed by atoms with E-state index in [9.17, 15) is 0 Å². The van der Waals surface area contributed by atoms with Gasteiger partial charge in [-0.1, -0.05) is 25.5 Å². The van der Waals surface area contributed by atoms with Crippen LogP contribution in [0.3, 0.4) is 0 Å². The van der Waals surface area contributed by atoms with Gasteiger partial charge in [-0.3, -0.25) is 0 Å². The van der Waals surface area contributed by atoms with Crippen LogP contribution in [0.5, 0.6) is 0 Å². The Bertz CT molecular complexity index is 538. The number of hydrogen-bond donors (Lipinski definition) is 1. The molecule has 0 radical (unpaired) electrons. The van der Waals surface area contributed by atoms with Crippen LogP contribution in [0.2, 0.25) is 0 Å². The molecule has 1 heterocycles. The third-order valence-corrected chi connectivity index (χ3v) is 3.63. The summed E-state index contributed by atoms with van der Waals surface area (Å²) >= 11 is 1.74. The minimum atomic E-state index is 0.794. The Morgan fingerprint density at radius 1 is 1.16 bits per heavy atom. The van der Waals surface area contributed by atoms with E-state index in [0.29, 0.717) is 0 Å². The number of aromatic nitrogens is 2. The first kappa shape index (κ1) is 13.9. The molecule has 4 heteroatoms. The SMILES string of the molecule is CCCc1cc(NC)nc(-c2ccc(SC)cc2)n1. The van der Waals surface area contributed by atoms with E-state index in [4.69, 9.17) is 0 Å². The van der Waals surface area contributed by atoms with Gasteiger partial charge in [-0.05, 0) is 24.8 Å². The Kier molecular flexibility index (Phi) is 4.80. The minimum Gasteiger partial charge on any atom is -0.373 e. The molecule has 0 aliphatic carbocycles. The highest BCUT2D eigenvalue weighted by Gasteiger charge is 2.06. The van der Waals surface area contributed by atoms with Crippen molar-refractivity contribution >= 4 is 17.6 Å². The molecule has 2 rings (SSSR count). The maximum atomic E-state index is 4.64. The third kappa shape index (κ3) is 3.47. The molecule has 0 aliphatic heterocycles. The van der Waals surface area contributed by atoms with Gasteiger partial charge in [0.25, 0.3) is 0 Å². The summed E-state index contributed by atoms with van der Waals surface area (Å²) in [5.74, 6) is 1.67. The van der Waals surface area contributed by atoms with Crippen LogP contribution < -0.4 is 5.32 Å².